The van der Waals surface area contributed by atoms with Gasteiger partial charge in [-0.3, -0.25) is 9.89 Å². The number of hydrogen-bond acceptors (Lipinski definition) is 3. The smallest absolute Gasteiger partial charge is 0.0768 e. The Morgan fingerprint density at radius 1 is 1.36 bits per heavy atom. The molecule has 0 saturated carbocycles. The third-order valence-electron chi connectivity index (χ3n) is 5.89. The number of aliphatic imine (C=N–C) groups is 1. The number of benzene rings is 1. The molecule has 1 aromatic rings. The van der Waals surface area contributed by atoms with Crippen molar-refractivity contribution >= 4 is 11.9 Å². The summed E-state index contributed by atoms with van der Waals surface area (Å²) in [7, 11) is 0. The highest BCUT2D eigenvalue weighted by Gasteiger charge is 2.44. The molecule has 116 valence electrons. The van der Waals surface area contributed by atoms with Crippen LogP contribution in [0.5, 0.6) is 0 Å². The lowest BCUT2D eigenvalue weighted by Crippen LogP contribution is -2.58. The molecule has 6 atom stereocenters. The van der Waals surface area contributed by atoms with Crippen LogP contribution in [-0.2, 0) is 0 Å². The van der Waals surface area contributed by atoms with E-state index in [0.29, 0.717) is 17.9 Å². The fourth-order valence-electron chi connectivity index (χ4n) is 4.63. The lowest BCUT2D eigenvalue weighted by atomic mass is 9.71. The van der Waals surface area contributed by atoms with Crippen molar-refractivity contribution in [1.29, 1.82) is 0 Å². The van der Waals surface area contributed by atoms with Crippen molar-refractivity contribution in [1.82, 2.24) is 4.90 Å². The van der Waals surface area contributed by atoms with Crippen LogP contribution < -0.4 is 0 Å². The summed E-state index contributed by atoms with van der Waals surface area (Å²) in [5.74, 6) is 1.49. The average molecular weight is 296 g/mol. The van der Waals surface area contributed by atoms with Gasteiger partial charge in [-0.05, 0) is 49.3 Å². The van der Waals surface area contributed by atoms with Crippen molar-refractivity contribution in [2.45, 2.75) is 37.3 Å². The molecule has 1 unspecified atom stereocenters. The van der Waals surface area contributed by atoms with Crippen molar-refractivity contribution < 1.29 is 5.11 Å². The topological polar surface area (TPSA) is 35.8 Å². The van der Waals surface area contributed by atoms with Crippen LogP contribution in [0.4, 0.5) is 5.69 Å². The van der Waals surface area contributed by atoms with Gasteiger partial charge in [-0.2, -0.15) is 0 Å². The zero-order valence-electron chi connectivity index (χ0n) is 12.9. The molecule has 4 aliphatic heterocycles. The fraction of sp³-hybridized carbons (Fsp3) is 0.526. The Kier molecular flexibility index (Phi) is 3.63. The summed E-state index contributed by atoms with van der Waals surface area (Å²) in [6, 6.07) is 8.54. The van der Waals surface area contributed by atoms with Crippen LogP contribution in [0.1, 0.15) is 30.7 Å². The normalized spacial score (nSPS) is 37.6. The maximum absolute atomic E-state index is 11.1. The van der Waals surface area contributed by atoms with Gasteiger partial charge in [-0.25, -0.2) is 0 Å². The minimum atomic E-state index is -0.304. The number of hydrogen-bond donors (Lipinski definition) is 1. The van der Waals surface area contributed by atoms with Crippen LogP contribution in [0.25, 0.3) is 0 Å². The van der Waals surface area contributed by atoms with Gasteiger partial charge < -0.3 is 5.11 Å². The first kappa shape index (κ1) is 14.2. The van der Waals surface area contributed by atoms with Crippen LogP contribution >= 0.6 is 0 Å². The summed E-state index contributed by atoms with van der Waals surface area (Å²) in [5.41, 5.74) is 2.23. The Labute approximate surface area is 132 Å². The summed E-state index contributed by atoms with van der Waals surface area (Å²) in [5, 5.41) is 11.1. The number of rotatable bonds is 3. The number of fused-ring (bicyclic) bond motifs is 4. The van der Waals surface area contributed by atoms with Crippen molar-refractivity contribution in [2.24, 2.45) is 16.8 Å². The second kappa shape index (κ2) is 5.64. The van der Waals surface area contributed by atoms with E-state index in [0.717, 1.165) is 31.6 Å². The predicted molar refractivity (Wildman–Crippen MR) is 89.7 cm³/mol. The predicted octanol–water partition coefficient (Wildman–Crippen LogP) is 3.13. The first-order valence-corrected chi connectivity index (χ1v) is 8.44. The van der Waals surface area contributed by atoms with Crippen molar-refractivity contribution in [3.63, 3.8) is 0 Å². The Morgan fingerprint density at radius 2 is 2.23 bits per heavy atom. The lowest BCUT2D eigenvalue weighted by Gasteiger charge is -2.51. The Bertz CT molecular complexity index is 597. The maximum Gasteiger partial charge on any atom is 0.0768 e. The zero-order valence-corrected chi connectivity index (χ0v) is 12.9. The molecule has 3 fully saturated rings. The van der Waals surface area contributed by atoms with Crippen molar-refractivity contribution in [2.75, 3.05) is 13.1 Å². The van der Waals surface area contributed by atoms with Gasteiger partial charge in [-0.1, -0.05) is 24.3 Å². The van der Waals surface area contributed by atoms with Gasteiger partial charge >= 0.3 is 0 Å². The van der Waals surface area contributed by atoms with E-state index < -0.39 is 0 Å². The Morgan fingerprint density at radius 3 is 3.00 bits per heavy atom. The second-order valence-electron chi connectivity index (χ2n) is 6.95. The number of aliphatic hydroxyl groups excluding tert-OH is 1. The molecule has 1 N–H and O–H groups in total. The molecule has 22 heavy (non-hydrogen) atoms. The minimum Gasteiger partial charge on any atom is -0.391 e. The molecular formula is C19H24N2O. The molecule has 1 aromatic carbocycles. The van der Waals surface area contributed by atoms with Crippen molar-refractivity contribution in [3.8, 4) is 0 Å². The fourth-order valence-corrected chi connectivity index (χ4v) is 4.63. The number of nitrogens with zero attached hydrogens (tertiary/aromatic N) is 2. The van der Waals surface area contributed by atoms with Gasteiger partial charge in [0, 0.05) is 24.7 Å². The van der Waals surface area contributed by atoms with Gasteiger partial charge in [0.1, 0.15) is 0 Å². The lowest BCUT2D eigenvalue weighted by molar-refractivity contribution is -0.0518. The van der Waals surface area contributed by atoms with Crippen LogP contribution in [0.15, 0.2) is 41.9 Å². The van der Waals surface area contributed by atoms with Gasteiger partial charge in [0.05, 0.1) is 11.8 Å². The maximum atomic E-state index is 11.1. The largest absolute Gasteiger partial charge is 0.391 e. The van der Waals surface area contributed by atoms with E-state index >= 15 is 0 Å². The zero-order chi connectivity index (χ0) is 15.1. The van der Waals surface area contributed by atoms with Gasteiger partial charge in [0.2, 0.25) is 0 Å². The third-order valence-corrected chi connectivity index (χ3v) is 5.89. The molecule has 0 amide bonds. The van der Waals surface area contributed by atoms with E-state index in [4.69, 9.17) is 0 Å². The number of para-hydroxylation sites is 1. The van der Waals surface area contributed by atoms with E-state index in [1.807, 2.05) is 18.3 Å². The van der Waals surface area contributed by atoms with E-state index in [-0.39, 0.29) is 12.0 Å². The van der Waals surface area contributed by atoms with Gasteiger partial charge in [0.15, 0.2) is 0 Å². The molecule has 5 rings (SSSR count). The van der Waals surface area contributed by atoms with Crippen LogP contribution in [0.3, 0.4) is 0 Å². The van der Waals surface area contributed by atoms with E-state index in [9.17, 15) is 5.11 Å². The molecule has 2 bridgehead atoms. The number of aliphatic hydroxyl groups is 1. The summed E-state index contributed by atoms with van der Waals surface area (Å²) in [6.07, 6.45) is 6.98. The highest BCUT2D eigenvalue weighted by Crippen LogP contribution is 2.42. The van der Waals surface area contributed by atoms with Gasteiger partial charge in [0.25, 0.3) is 0 Å². The molecule has 4 aliphatic rings. The minimum absolute atomic E-state index is 0.181. The number of piperidine rings is 3. The summed E-state index contributed by atoms with van der Waals surface area (Å²) in [6.45, 7) is 6.18. The molecule has 0 aromatic heterocycles. The van der Waals surface area contributed by atoms with Crippen LogP contribution in [0, 0.1) is 11.8 Å². The molecule has 0 radical (unpaired) electrons. The molecule has 0 aliphatic carbocycles. The Hall–Kier alpha value is -1.45. The average Bonchev–Trinajstić information content (AvgIpc) is 2.60. The highest BCUT2D eigenvalue weighted by molar-refractivity contribution is 5.70. The van der Waals surface area contributed by atoms with Crippen LogP contribution in [-0.4, -0.2) is 41.5 Å². The van der Waals surface area contributed by atoms with Crippen molar-refractivity contribution in [3.05, 3.63) is 42.5 Å². The summed E-state index contributed by atoms with van der Waals surface area (Å²) < 4.78 is 0. The monoisotopic (exact) mass is 296 g/mol. The third kappa shape index (κ3) is 2.24. The SMILES string of the molecule is C=C[C@H]1CN2CC[C@@H]1C[C@@H]2[C@@H](O)[C@H]1CC=Nc2ccccc21. The van der Waals surface area contributed by atoms with E-state index in [1.54, 1.807) is 0 Å². The molecular weight excluding hydrogens is 272 g/mol. The highest BCUT2D eigenvalue weighted by atomic mass is 16.3. The molecule has 3 nitrogen and oxygen atoms in total. The summed E-state index contributed by atoms with van der Waals surface area (Å²) in [4.78, 5) is 6.97. The Balaban J connectivity index is 1.57. The van der Waals surface area contributed by atoms with E-state index in [2.05, 4.69) is 34.7 Å². The standard InChI is InChI=1S/C19H24N2O/c1-2-13-12-21-10-8-14(13)11-18(21)19(22)16-7-9-20-17-6-4-3-5-15(16)17/h2-6,9,13-14,16,18-19,22H,1,7-8,10-12H2/t13-,14+,16-,18+,19-/m0/s1. The quantitative estimate of drug-likeness (QED) is 0.870. The van der Waals surface area contributed by atoms with E-state index in [1.165, 1.54) is 12.0 Å². The first-order chi connectivity index (χ1) is 10.8. The molecule has 3 saturated heterocycles. The molecule has 3 heteroatoms. The summed E-state index contributed by atoms with van der Waals surface area (Å²) >= 11 is 0. The van der Waals surface area contributed by atoms with Crippen LogP contribution in [0.2, 0.25) is 0 Å². The first-order valence-electron chi connectivity index (χ1n) is 8.44. The molecule has 4 heterocycles. The molecule has 0 spiro atoms. The van der Waals surface area contributed by atoms with Gasteiger partial charge in [-0.15, -0.1) is 6.58 Å². The second-order valence-corrected chi connectivity index (χ2v) is 6.95.